The minimum Gasteiger partial charge on any atom is -0.378 e. The molecule has 5 heterocycles. The highest BCUT2D eigenvalue weighted by Gasteiger charge is 2.14. The number of carbonyl (C=O) groups excluding carboxylic acids is 2. The number of benzene rings is 2. The third-order valence-corrected chi connectivity index (χ3v) is 8.09. The second kappa shape index (κ2) is 15.5. The maximum absolute atomic E-state index is 11.8. The minimum absolute atomic E-state index is 0.206. The second-order valence-electron chi connectivity index (χ2n) is 11.2. The average Bonchev–Trinajstić information content (AvgIpc) is 3.73. The van der Waals surface area contributed by atoms with Crippen LogP contribution in [0.15, 0.2) is 97.6 Å². The molecule has 0 radical (unpaired) electrons. The third kappa shape index (κ3) is 8.11. The molecule has 49 heavy (non-hydrogen) atoms. The van der Waals surface area contributed by atoms with E-state index in [1.165, 1.54) is 0 Å². The first-order valence-electron chi connectivity index (χ1n) is 16.1. The van der Waals surface area contributed by atoms with E-state index in [4.69, 9.17) is 16.3 Å². The quantitative estimate of drug-likeness (QED) is 0.147. The van der Waals surface area contributed by atoms with Crippen LogP contribution in [0.4, 0.5) is 26.7 Å². The first kappa shape index (κ1) is 33.3. The highest BCUT2D eigenvalue weighted by atomic mass is 35.5. The van der Waals surface area contributed by atoms with E-state index in [9.17, 15) is 9.59 Å². The number of imidazole rings is 2. The predicted molar refractivity (Wildman–Crippen MR) is 195 cm³/mol. The lowest BCUT2D eigenvalue weighted by Crippen LogP contribution is -2.36. The fourth-order valence-electron chi connectivity index (χ4n) is 5.56. The fraction of sp³-hybridized carbons (Fsp3) is 0.222. The summed E-state index contributed by atoms with van der Waals surface area (Å²) in [4.78, 5) is 34.6. The molecule has 252 valence electrons. The topological polar surface area (TPSA) is 129 Å². The van der Waals surface area contributed by atoms with E-state index in [1.54, 1.807) is 6.20 Å². The standard InChI is InChI=1S/C20H23N5O2.C16H15ClN4O/c1-2-21-20(26)23-16-5-3-4-15(12-16)18-14-22-19-13-17(6-7-25(18)19)24-8-10-27-11-9-24;1-2-18-16(22)20-13-5-3-4-11(8-13)14-10-19-15-9-12(17)6-7-21(14)15/h3-7,12-14H,2,8-11H2,1H3,(H2,21,23,26);3-10H,2H2,1H3,(H2,18,20,22). The maximum atomic E-state index is 11.8. The van der Waals surface area contributed by atoms with Gasteiger partial charge in [0.05, 0.1) is 37.0 Å². The number of amides is 4. The van der Waals surface area contributed by atoms with Crippen LogP contribution < -0.4 is 26.2 Å². The van der Waals surface area contributed by atoms with Gasteiger partial charge in [0.2, 0.25) is 0 Å². The van der Waals surface area contributed by atoms with Gasteiger partial charge in [-0.25, -0.2) is 19.6 Å². The number of fused-ring (bicyclic) bond motifs is 2. The minimum atomic E-state index is -0.218. The van der Waals surface area contributed by atoms with Crippen LogP contribution in [0.5, 0.6) is 0 Å². The SMILES string of the molecule is CCNC(=O)Nc1cccc(-c2cnc3cc(Cl)ccn23)c1.CCNC(=O)Nc1cccc(-c2cnc3cc(N4CCOCC4)ccn23)c1. The average molecular weight is 680 g/mol. The number of morpholine rings is 1. The Labute approximate surface area is 289 Å². The van der Waals surface area contributed by atoms with Gasteiger partial charge in [-0.2, -0.15) is 0 Å². The molecule has 6 aromatic rings. The number of nitrogens with one attached hydrogen (secondary N) is 4. The number of aromatic nitrogens is 4. The summed E-state index contributed by atoms with van der Waals surface area (Å²) in [5.74, 6) is 0. The molecule has 4 N–H and O–H groups in total. The van der Waals surface area contributed by atoms with E-state index >= 15 is 0 Å². The van der Waals surface area contributed by atoms with E-state index in [2.05, 4.69) is 52.7 Å². The number of rotatable bonds is 7. The first-order chi connectivity index (χ1) is 23.9. The van der Waals surface area contributed by atoms with E-state index in [0.717, 1.165) is 77.2 Å². The van der Waals surface area contributed by atoms with Crippen LogP contribution in [-0.4, -0.2) is 70.2 Å². The molecule has 4 aromatic heterocycles. The van der Waals surface area contributed by atoms with Crippen molar-refractivity contribution in [2.45, 2.75) is 13.8 Å². The van der Waals surface area contributed by atoms with E-state index in [1.807, 2.05) is 97.5 Å². The summed E-state index contributed by atoms with van der Waals surface area (Å²) < 4.78 is 9.45. The smallest absolute Gasteiger partial charge is 0.319 e. The Morgan fingerprint density at radius 3 is 1.82 bits per heavy atom. The van der Waals surface area contributed by atoms with Crippen LogP contribution in [0.1, 0.15) is 13.8 Å². The molecule has 0 atom stereocenters. The zero-order valence-electron chi connectivity index (χ0n) is 27.3. The highest BCUT2D eigenvalue weighted by molar-refractivity contribution is 6.30. The number of hydrogen-bond acceptors (Lipinski definition) is 6. The molecule has 7 rings (SSSR count). The summed E-state index contributed by atoms with van der Waals surface area (Å²) in [6.45, 7) is 8.25. The molecule has 12 nitrogen and oxygen atoms in total. The van der Waals surface area contributed by atoms with Crippen molar-refractivity contribution in [1.82, 2.24) is 29.4 Å². The number of anilines is 3. The summed E-state index contributed by atoms with van der Waals surface area (Å²) in [6, 6.07) is 22.8. The molecule has 0 spiro atoms. The van der Waals surface area contributed by atoms with E-state index in [-0.39, 0.29) is 12.1 Å². The van der Waals surface area contributed by atoms with Crippen molar-refractivity contribution in [1.29, 1.82) is 0 Å². The van der Waals surface area contributed by atoms with E-state index < -0.39 is 0 Å². The lowest BCUT2D eigenvalue weighted by molar-refractivity contribution is 0.122. The molecule has 0 bridgehead atoms. The summed E-state index contributed by atoms with van der Waals surface area (Å²) in [6.07, 6.45) is 7.58. The van der Waals surface area contributed by atoms with Crippen LogP contribution in [0, 0.1) is 0 Å². The summed E-state index contributed by atoms with van der Waals surface area (Å²) in [5, 5.41) is 11.7. The Morgan fingerprint density at radius 2 is 1.27 bits per heavy atom. The molecule has 0 saturated carbocycles. The molecule has 1 aliphatic rings. The summed E-state index contributed by atoms with van der Waals surface area (Å²) in [7, 11) is 0. The second-order valence-corrected chi connectivity index (χ2v) is 11.6. The van der Waals surface area contributed by atoms with Crippen molar-refractivity contribution in [3.8, 4) is 22.5 Å². The molecule has 0 unspecified atom stereocenters. The van der Waals surface area contributed by atoms with Crippen molar-refractivity contribution in [3.05, 3.63) is 103 Å². The van der Waals surface area contributed by atoms with Gasteiger partial charge in [-0.05, 0) is 50.2 Å². The van der Waals surface area contributed by atoms with Gasteiger partial charge in [0.15, 0.2) is 0 Å². The highest BCUT2D eigenvalue weighted by Crippen LogP contribution is 2.27. The molecule has 4 amide bonds. The van der Waals surface area contributed by atoms with Crippen LogP contribution in [0.2, 0.25) is 5.02 Å². The predicted octanol–water partition coefficient (Wildman–Crippen LogP) is 6.78. The molecule has 2 aromatic carbocycles. The monoisotopic (exact) mass is 679 g/mol. The lowest BCUT2D eigenvalue weighted by Gasteiger charge is -2.28. The number of nitrogens with zero attached hydrogens (tertiary/aromatic N) is 5. The molecule has 1 saturated heterocycles. The van der Waals surface area contributed by atoms with Gasteiger partial charge in [0, 0.05) is 83.9 Å². The van der Waals surface area contributed by atoms with Crippen molar-refractivity contribution in [2.75, 3.05) is 54.9 Å². The molecule has 1 fully saturated rings. The number of urea groups is 2. The third-order valence-electron chi connectivity index (χ3n) is 7.86. The van der Waals surface area contributed by atoms with Gasteiger partial charge >= 0.3 is 12.1 Å². The van der Waals surface area contributed by atoms with Crippen molar-refractivity contribution in [3.63, 3.8) is 0 Å². The molecule has 13 heteroatoms. The normalized spacial score (nSPS) is 12.7. The number of hydrogen-bond donors (Lipinski definition) is 4. The molecular weight excluding hydrogens is 642 g/mol. The molecular formula is C36H38ClN9O3. The van der Waals surface area contributed by atoms with Gasteiger partial charge < -0.3 is 30.9 Å². The van der Waals surface area contributed by atoms with Gasteiger partial charge in [-0.3, -0.25) is 8.80 Å². The summed E-state index contributed by atoms with van der Waals surface area (Å²) in [5.41, 5.74) is 8.20. The zero-order chi connectivity index (χ0) is 34.2. The zero-order valence-corrected chi connectivity index (χ0v) is 28.1. The molecule has 0 aliphatic carbocycles. The Balaban J connectivity index is 0.000000174. The fourth-order valence-corrected chi connectivity index (χ4v) is 5.71. The van der Waals surface area contributed by atoms with Crippen LogP contribution in [-0.2, 0) is 4.74 Å². The number of carbonyl (C=O) groups is 2. The number of halogens is 1. The maximum Gasteiger partial charge on any atom is 0.319 e. The van der Waals surface area contributed by atoms with Gasteiger partial charge in [0.1, 0.15) is 11.3 Å². The van der Waals surface area contributed by atoms with Crippen molar-refractivity contribution < 1.29 is 14.3 Å². The lowest BCUT2D eigenvalue weighted by atomic mass is 10.1. The van der Waals surface area contributed by atoms with Crippen molar-refractivity contribution in [2.24, 2.45) is 0 Å². The Bertz CT molecular complexity index is 2070. The summed E-state index contributed by atoms with van der Waals surface area (Å²) >= 11 is 5.98. The van der Waals surface area contributed by atoms with Gasteiger partial charge in [0.25, 0.3) is 0 Å². The largest absolute Gasteiger partial charge is 0.378 e. The Hall–Kier alpha value is -5.59. The number of ether oxygens (including phenoxy) is 1. The number of pyridine rings is 2. The van der Waals surface area contributed by atoms with Crippen LogP contribution in [0.3, 0.4) is 0 Å². The Kier molecular flexibility index (Phi) is 10.6. The first-order valence-corrected chi connectivity index (χ1v) is 16.5. The van der Waals surface area contributed by atoms with Gasteiger partial charge in [-0.1, -0.05) is 35.9 Å². The Morgan fingerprint density at radius 1 is 0.735 bits per heavy atom. The van der Waals surface area contributed by atoms with Crippen LogP contribution >= 0.6 is 11.6 Å². The van der Waals surface area contributed by atoms with E-state index in [0.29, 0.717) is 18.1 Å². The molecule has 1 aliphatic heterocycles. The van der Waals surface area contributed by atoms with Crippen LogP contribution in [0.25, 0.3) is 33.8 Å². The van der Waals surface area contributed by atoms with Crippen molar-refractivity contribution >= 4 is 52.0 Å². The van der Waals surface area contributed by atoms with Gasteiger partial charge in [-0.15, -0.1) is 0 Å².